The van der Waals surface area contributed by atoms with E-state index >= 15 is 0 Å². The van der Waals surface area contributed by atoms with Crippen LogP contribution in [-0.4, -0.2) is 129 Å². The number of nitrogens with zero attached hydrogens (tertiary/aromatic N) is 1. The van der Waals surface area contributed by atoms with E-state index in [1.165, 1.54) is 77.0 Å². The minimum atomic E-state index is -0.296. The highest BCUT2D eigenvalue weighted by Gasteiger charge is 2.69. The van der Waals surface area contributed by atoms with Crippen molar-refractivity contribution in [3.63, 3.8) is 0 Å². The lowest BCUT2D eigenvalue weighted by Crippen LogP contribution is -2.62. The van der Waals surface area contributed by atoms with Crippen molar-refractivity contribution in [3.05, 3.63) is 0 Å². The molecule has 9 N–H and O–H groups in total. The van der Waals surface area contributed by atoms with Gasteiger partial charge < -0.3 is 51.5 Å². The maximum Gasteiger partial charge on any atom is 0.220 e. The highest BCUT2D eigenvalue weighted by atomic mass is 16.3. The van der Waals surface area contributed by atoms with Gasteiger partial charge in [0, 0.05) is 38.9 Å². The Bertz CT molecular complexity index is 2470. The summed E-state index contributed by atoms with van der Waals surface area (Å²) in [4.78, 5) is 43.6. The van der Waals surface area contributed by atoms with Gasteiger partial charge in [-0.15, -0.1) is 0 Å². The average molecular weight is 1400 g/mol. The number of amides is 3. The van der Waals surface area contributed by atoms with Gasteiger partial charge in [-0.3, -0.25) is 14.4 Å². The number of aliphatic hydroxyl groups excluding tert-OH is 6. The van der Waals surface area contributed by atoms with Crippen LogP contribution in [0.5, 0.6) is 0 Å². The van der Waals surface area contributed by atoms with Gasteiger partial charge in [-0.25, -0.2) is 0 Å². The molecule has 13 heteroatoms. The predicted molar refractivity (Wildman–Crippen MR) is 400 cm³/mol. The first-order valence-corrected chi connectivity index (χ1v) is 43.2. The van der Waals surface area contributed by atoms with Gasteiger partial charge in [0.15, 0.2) is 0 Å². The number of hydrogen-bond donors (Lipinski definition) is 9. The molecule has 12 fully saturated rings. The number of fused-ring (bicyclic) bond motifs is 15. The Hall–Kier alpha value is -1.87. The molecule has 572 valence electrons. The number of rotatable bonds is 27. The van der Waals surface area contributed by atoms with Crippen LogP contribution in [0.1, 0.15) is 295 Å². The van der Waals surface area contributed by atoms with Crippen molar-refractivity contribution in [1.82, 2.24) is 20.9 Å². The molecule has 100 heavy (non-hydrogen) atoms. The summed E-state index contributed by atoms with van der Waals surface area (Å²) >= 11 is 0. The second kappa shape index (κ2) is 31.4. The number of hydrogen-bond acceptors (Lipinski definition) is 10. The van der Waals surface area contributed by atoms with Crippen molar-refractivity contribution < 1.29 is 45.0 Å². The lowest BCUT2D eigenvalue weighted by Gasteiger charge is -2.64. The number of aliphatic hydroxyl groups is 6. The third-order valence-corrected chi connectivity index (χ3v) is 35.9. The third-order valence-electron chi connectivity index (χ3n) is 35.9. The average Bonchev–Trinajstić information content (AvgIpc) is 1.29. The van der Waals surface area contributed by atoms with Gasteiger partial charge in [0.25, 0.3) is 0 Å². The summed E-state index contributed by atoms with van der Waals surface area (Å²) in [5, 5.41) is 79.2. The molecule has 12 saturated carbocycles. The summed E-state index contributed by atoms with van der Waals surface area (Å²) in [6.07, 6.45) is 30.7. The van der Waals surface area contributed by atoms with E-state index < -0.39 is 0 Å². The molecule has 33 atom stereocenters. The first kappa shape index (κ1) is 77.7. The van der Waals surface area contributed by atoms with Crippen LogP contribution in [0, 0.1) is 157 Å². The SMILES string of the molecule is CC[C@H]1[C@@H](O)[C@@H]2[C@H](CC[C@]3(C)[C@@H]([C@H](C)CCC(=O)NCCCN(CCCNC(=O)CC[C@@H](C)[C@H]4CC[C@H]5[C@@H]6[C@H](O)[C@H](CC)[C@@H]7C[C@H](O)CC[C@]7(C)[C@H]6CC[C@]45C)CCCNC(=O)CC[C@@H](C)[C@H]4CC[C@H]5[C@@H]6[C@H](O)[C@H](CC)[C@@H]7C[C@H](O)CC[C@]7(C)[C@H]6CC[C@]45C)CC[C@@H]23)[C@@]2(C)CC[C@@H](O)C[C@@H]12. The van der Waals surface area contributed by atoms with Crippen LogP contribution in [0.3, 0.4) is 0 Å². The molecule has 0 aliphatic heterocycles. The molecular weight excluding hydrogens is 1240 g/mol. The minimum absolute atomic E-state index is 0.135. The van der Waals surface area contributed by atoms with Crippen LogP contribution in [-0.2, 0) is 14.4 Å². The van der Waals surface area contributed by atoms with Gasteiger partial charge >= 0.3 is 0 Å². The molecular formula is C87H150N4O9. The molecule has 12 rings (SSSR count). The lowest BCUT2D eigenvalue weighted by atomic mass is 9.41. The molecule has 0 aromatic rings. The molecule has 3 amide bonds. The van der Waals surface area contributed by atoms with E-state index in [1.54, 1.807) is 0 Å². The fourth-order valence-corrected chi connectivity index (χ4v) is 30.7. The summed E-state index contributed by atoms with van der Waals surface area (Å²) in [6, 6.07) is 0. The molecule has 12 aliphatic carbocycles. The minimum Gasteiger partial charge on any atom is -0.393 e. The molecule has 0 aromatic carbocycles. The van der Waals surface area contributed by atoms with Crippen molar-refractivity contribution in [2.24, 2.45) is 157 Å². The van der Waals surface area contributed by atoms with Crippen LogP contribution in [0.4, 0.5) is 0 Å². The summed E-state index contributed by atoms with van der Waals surface area (Å²) in [7, 11) is 0. The summed E-state index contributed by atoms with van der Waals surface area (Å²) in [5.74, 6) is 9.40. The first-order valence-electron chi connectivity index (χ1n) is 43.2. The van der Waals surface area contributed by atoms with Crippen LogP contribution < -0.4 is 16.0 Å². The van der Waals surface area contributed by atoms with E-state index in [0.29, 0.717) is 145 Å². The summed E-state index contributed by atoms with van der Waals surface area (Å²) < 4.78 is 0. The second-order valence-corrected chi connectivity index (χ2v) is 39.9. The van der Waals surface area contributed by atoms with E-state index in [9.17, 15) is 45.0 Å². The maximum absolute atomic E-state index is 13.7. The molecule has 12 aliphatic rings. The van der Waals surface area contributed by atoms with Gasteiger partial charge in [0.05, 0.1) is 36.6 Å². The summed E-state index contributed by atoms with van der Waals surface area (Å²) in [5.41, 5.74) is 1.10. The zero-order valence-electron chi connectivity index (χ0n) is 65.5. The smallest absolute Gasteiger partial charge is 0.220 e. The number of carbonyl (C=O) groups is 3. The topological polar surface area (TPSA) is 212 Å². The Morgan fingerprint density at radius 3 is 0.870 bits per heavy atom. The molecule has 0 radical (unpaired) electrons. The van der Waals surface area contributed by atoms with Gasteiger partial charge in [0.1, 0.15) is 0 Å². The zero-order valence-corrected chi connectivity index (χ0v) is 65.5. The monoisotopic (exact) mass is 1400 g/mol. The van der Waals surface area contributed by atoms with Crippen LogP contribution >= 0.6 is 0 Å². The van der Waals surface area contributed by atoms with E-state index in [1.807, 2.05) is 0 Å². The zero-order chi connectivity index (χ0) is 71.6. The lowest BCUT2D eigenvalue weighted by molar-refractivity contribution is -0.203. The molecule has 0 unspecified atom stereocenters. The Morgan fingerprint density at radius 2 is 0.610 bits per heavy atom. The highest BCUT2D eigenvalue weighted by molar-refractivity contribution is 5.76. The van der Waals surface area contributed by atoms with Gasteiger partial charge in [0.2, 0.25) is 17.7 Å². The summed E-state index contributed by atoms with van der Waals surface area (Å²) in [6.45, 7) is 33.5. The van der Waals surface area contributed by atoms with Crippen molar-refractivity contribution in [2.75, 3.05) is 39.3 Å². The van der Waals surface area contributed by atoms with Gasteiger partial charge in [-0.2, -0.15) is 0 Å². The van der Waals surface area contributed by atoms with Crippen molar-refractivity contribution in [3.8, 4) is 0 Å². The Morgan fingerprint density at radius 1 is 0.360 bits per heavy atom. The van der Waals surface area contributed by atoms with Crippen LogP contribution in [0.15, 0.2) is 0 Å². The Labute approximate surface area is 608 Å². The van der Waals surface area contributed by atoms with E-state index in [0.717, 1.165) is 135 Å². The van der Waals surface area contributed by atoms with E-state index in [2.05, 4.69) is 104 Å². The quantitative estimate of drug-likeness (QED) is 0.0355. The molecule has 0 spiro atoms. The maximum atomic E-state index is 13.7. The largest absolute Gasteiger partial charge is 0.393 e. The fourth-order valence-electron chi connectivity index (χ4n) is 30.7. The molecule has 13 nitrogen and oxygen atoms in total. The number of carbonyl (C=O) groups excluding carboxylic acids is 3. The molecule has 0 saturated heterocycles. The van der Waals surface area contributed by atoms with Crippen molar-refractivity contribution in [2.45, 2.75) is 332 Å². The normalized spacial score (nSPS) is 47.9. The van der Waals surface area contributed by atoms with Crippen LogP contribution in [0.2, 0.25) is 0 Å². The molecule has 0 heterocycles. The van der Waals surface area contributed by atoms with E-state index in [4.69, 9.17) is 0 Å². The van der Waals surface area contributed by atoms with Gasteiger partial charge in [-0.05, 0) is 350 Å². The molecule has 0 bridgehead atoms. The second-order valence-electron chi connectivity index (χ2n) is 39.9. The Kier molecular flexibility index (Phi) is 24.4. The predicted octanol–water partition coefficient (Wildman–Crippen LogP) is 14.9. The Balaban J connectivity index is 0.604. The molecule has 0 aromatic heterocycles. The first-order chi connectivity index (χ1) is 47.6. The standard InChI is InChI=1S/C87H150N4O9/c1-13-58-70-49-55(92)31-37-85(70,10)67-34-40-82(7)61(22-25-64(82)76(67)79(58)98)52(4)19-28-73(95)88-43-16-46-91(47-17-44-89-74(96)29-20-53(5)62-23-26-65-77-68(35-41-83(62,65)8)86(11)38-32-56(93)50-71(86)59(14-2)80(77)99)48-18-45-90-75(97)30-21-54(6)63-24-27-66-78-69(36-42-84(63,66)9)87(12)39-33-57(94)51-72(87)60(15-3)81(78)100/h52-72,76-81,92-94,98-100H,13-51H2,1-12H3,(H,88,95)(H,89,96)(H,90,97)/t52-,53-,54-,55-,56-,57-,58-,59-,60-,61-,62-,63-,64+,65+,66+,67+,68+,69+,70+,71+,72+,76+,77+,78+,79-,80-,81-,82-,83-,84-,85-,86-,87-/m1/s1. The van der Waals surface area contributed by atoms with E-state index in [-0.39, 0.29) is 105 Å². The number of nitrogens with one attached hydrogen (secondary N) is 3. The van der Waals surface area contributed by atoms with Gasteiger partial charge in [-0.1, -0.05) is 102 Å². The highest BCUT2D eigenvalue weighted by Crippen LogP contribution is 2.73. The fraction of sp³-hybridized carbons (Fsp3) is 0.966. The van der Waals surface area contributed by atoms with Crippen LogP contribution in [0.25, 0.3) is 0 Å². The van der Waals surface area contributed by atoms with Crippen molar-refractivity contribution in [1.29, 1.82) is 0 Å². The van der Waals surface area contributed by atoms with Crippen molar-refractivity contribution >= 4 is 17.7 Å². The third kappa shape index (κ3) is 14.2.